The lowest BCUT2D eigenvalue weighted by atomic mass is 10.1. The quantitative estimate of drug-likeness (QED) is 0.814. The van der Waals surface area contributed by atoms with Gasteiger partial charge in [-0.05, 0) is 44.2 Å². The number of rotatable bonds is 5. The zero-order valence-corrected chi connectivity index (χ0v) is 11.5. The van der Waals surface area contributed by atoms with Crippen molar-refractivity contribution in [3.8, 4) is 0 Å². The Bertz CT molecular complexity index is 358. The smallest absolute Gasteiger partial charge is 0.0229 e. The molecule has 0 saturated heterocycles. The molecule has 1 heterocycles. The molecule has 0 amide bonds. The average molecular weight is 250 g/mol. The van der Waals surface area contributed by atoms with Crippen LogP contribution in [-0.2, 0) is 6.42 Å². The molecule has 3 atom stereocenters. The Morgan fingerprint density at radius 3 is 2.94 bits per heavy atom. The number of nitrogens with two attached hydrogens (primary N) is 1. The van der Waals surface area contributed by atoms with Crippen LogP contribution in [0.1, 0.15) is 18.2 Å². The fourth-order valence-corrected chi connectivity index (χ4v) is 3.19. The van der Waals surface area contributed by atoms with Gasteiger partial charge in [-0.2, -0.15) is 0 Å². The van der Waals surface area contributed by atoms with E-state index in [-0.39, 0.29) is 6.04 Å². The van der Waals surface area contributed by atoms with Gasteiger partial charge >= 0.3 is 0 Å². The molecule has 0 aliphatic heterocycles. The lowest BCUT2D eigenvalue weighted by Crippen LogP contribution is -2.34. The highest BCUT2D eigenvalue weighted by Crippen LogP contribution is 2.19. The summed E-state index contributed by atoms with van der Waals surface area (Å²) < 4.78 is 0. The molecule has 2 nitrogen and oxygen atoms in total. The van der Waals surface area contributed by atoms with Crippen LogP contribution in [0.4, 0.5) is 0 Å². The van der Waals surface area contributed by atoms with E-state index < -0.39 is 0 Å². The van der Waals surface area contributed by atoms with E-state index in [9.17, 15) is 0 Å². The molecule has 3 heteroatoms. The molecule has 1 aliphatic rings. The molecule has 17 heavy (non-hydrogen) atoms. The van der Waals surface area contributed by atoms with Gasteiger partial charge in [-0.25, -0.2) is 0 Å². The van der Waals surface area contributed by atoms with Crippen molar-refractivity contribution in [3.63, 3.8) is 0 Å². The molecule has 2 rings (SSSR count). The van der Waals surface area contributed by atoms with Crippen molar-refractivity contribution >= 4 is 11.3 Å². The minimum Gasteiger partial charge on any atom is -0.324 e. The lowest BCUT2D eigenvalue weighted by molar-refractivity contribution is 0.231. The first kappa shape index (κ1) is 12.8. The van der Waals surface area contributed by atoms with Crippen LogP contribution in [0.15, 0.2) is 29.7 Å². The zero-order chi connectivity index (χ0) is 12.3. The van der Waals surface area contributed by atoms with Crippen molar-refractivity contribution < 1.29 is 0 Å². The first-order valence-corrected chi connectivity index (χ1v) is 7.19. The number of hydrogen-bond donors (Lipinski definition) is 1. The van der Waals surface area contributed by atoms with Gasteiger partial charge in [0.15, 0.2) is 0 Å². The van der Waals surface area contributed by atoms with Crippen LogP contribution in [0.25, 0.3) is 0 Å². The van der Waals surface area contributed by atoms with E-state index >= 15 is 0 Å². The fraction of sp³-hybridized carbons (Fsp3) is 0.571. The van der Waals surface area contributed by atoms with E-state index in [0.29, 0.717) is 12.0 Å². The molecule has 3 unspecified atom stereocenters. The molecule has 1 aromatic rings. The molecule has 0 aromatic carbocycles. The third kappa shape index (κ3) is 3.66. The summed E-state index contributed by atoms with van der Waals surface area (Å²) in [4.78, 5) is 3.93. The van der Waals surface area contributed by atoms with Crippen LogP contribution in [0.5, 0.6) is 0 Å². The van der Waals surface area contributed by atoms with Crippen molar-refractivity contribution in [2.24, 2.45) is 11.7 Å². The molecule has 0 fully saturated rings. The Labute approximate surface area is 108 Å². The van der Waals surface area contributed by atoms with Gasteiger partial charge in [0.2, 0.25) is 0 Å². The summed E-state index contributed by atoms with van der Waals surface area (Å²) in [5.41, 5.74) is 5.88. The maximum absolute atomic E-state index is 5.88. The second-order valence-corrected chi connectivity index (χ2v) is 6.15. The molecule has 0 spiro atoms. The summed E-state index contributed by atoms with van der Waals surface area (Å²) in [6, 6.07) is 5.23. The van der Waals surface area contributed by atoms with Crippen molar-refractivity contribution in [1.82, 2.24) is 4.90 Å². The first-order chi connectivity index (χ1) is 8.15. The Hall–Kier alpha value is -0.640. The lowest BCUT2D eigenvalue weighted by Gasteiger charge is -2.26. The van der Waals surface area contributed by atoms with Gasteiger partial charge in [-0.1, -0.05) is 18.2 Å². The molecule has 0 bridgehead atoms. The predicted molar refractivity (Wildman–Crippen MR) is 75.3 cm³/mol. The Morgan fingerprint density at radius 2 is 2.35 bits per heavy atom. The number of thiophene rings is 1. The maximum atomic E-state index is 5.88. The molecular formula is C14H22N2S. The first-order valence-electron chi connectivity index (χ1n) is 6.31. The summed E-state index contributed by atoms with van der Waals surface area (Å²) in [6.07, 6.45) is 6.67. The SMILES string of the molecule is CC(Cc1cccs1)N(C)CC1C=CC(N)C1. The third-order valence-corrected chi connectivity index (χ3v) is 4.46. The van der Waals surface area contributed by atoms with Crippen molar-refractivity contribution in [2.45, 2.75) is 31.8 Å². The zero-order valence-electron chi connectivity index (χ0n) is 10.7. The molecule has 0 radical (unpaired) electrons. The van der Waals surface area contributed by atoms with Gasteiger partial charge < -0.3 is 10.6 Å². The summed E-state index contributed by atoms with van der Waals surface area (Å²) >= 11 is 1.85. The molecule has 94 valence electrons. The molecular weight excluding hydrogens is 228 g/mol. The Balaban J connectivity index is 1.79. The molecule has 0 saturated carbocycles. The van der Waals surface area contributed by atoms with Gasteiger partial charge in [0.25, 0.3) is 0 Å². The van der Waals surface area contributed by atoms with Gasteiger partial charge in [0.05, 0.1) is 0 Å². The predicted octanol–water partition coefficient (Wildman–Crippen LogP) is 2.51. The standard InChI is InChI=1S/C14H22N2S/c1-11(8-14-4-3-7-17-14)16(2)10-12-5-6-13(15)9-12/h3-7,11-13H,8-10,15H2,1-2H3. The monoisotopic (exact) mass is 250 g/mol. The maximum Gasteiger partial charge on any atom is 0.0229 e. The van der Waals surface area contributed by atoms with E-state index in [1.807, 2.05) is 11.3 Å². The third-order valence-electron chi connectivity index (χ3n) is 3.56. The van der Waals surface area contributed by atoms with E-state index in [2.05, 4.69) is 48.5 Å². The summed E-state index contributed by atoms with van der Waals surface area (Å²) in [7, 11) is 2.22. The van der Waals surface area contributed by atoms with Crippen molar-refractivity contribution in [2.75, 3.05) is 13.6 Å². The highest BCUT2D eigenvalue weighted by atomic mass is 32.1. The van der Waals surface area contributed by atoms with Crippen molar-refractivity contribution in [1.29, 1.82) is 0 Å². The van der Waals surface area contributed by atoms with Gasteiger partial charge in [-0.15, -0.1) is 11.3 Å². The van der Waals surface area contributed by atoms with Crippen LogP contribution in [0.3, 0.4) is 0 Å². The minimum atomic E-state index is 0.279. The second-order valence-electron chi connectivity index (χ2n) is 5.12. The van der Waals surface area contributed by atoms with Crippen LogP contribution in [0.2, 0.25) is 0 Å². The number of hydrogen-bond acceptors (Lipinski definition) is 3. The van der Waals surface area contributed by atoms with Crippen LogP contribution in [-0.4, -0.2) is 30.6 Å². The Kier molecular flexibility index (Phi) is 4.37. The molecule has 1 aliphatic carbocycles. The van der Waals surface area contributed by atoms with E-state index in [4.69, 9.17) is 5.73 Å². The van der Waals surface area contributed by atoms with Crippen molar-refractivity contribution in [3.05, 3.63) is 34.5 Å². The molecule has 1 aromatic heterocycles. The summed E-state index contributed by atoms with van der Waals surface area (Å²) in [5, 5.41) is 2.15. The van der Waals surface area contributed by atoms with Crippen LogP contribution in [0, 0.1) is 5.92 Å². The summed E-state index contributed by atoms with van der Waals surface area (Å²) in [6.45, 7) is 3.43. The normalized spacial score (nSPS) is 25.6. The second kappa shape index (κ2) is 5.80. The minimum absolute atomic E-state index is 0.279. The largest absolute Gasteiger partial charge is 0.324 e. The van der Waals surface area contributed by atoms with Gasteiger partial charge in [0.1, 0.15) is 0 Å². The van der Waals surface area contributed by atoms with E-state index in [1.54, 1.807) is 0 Å². The summed E-state index contributed by atoms with van der Waals surface area (Å²) in [5.74, 6) is 0.640. The van der Waals surface area contributed by atoms with E-state index in [0.717, 1.165) is 19.4 Å². The number of nitrogens with zero attached hydrogens (tertiary/aromatic N) is 1. The average Bonchev–Trinajstić information content (AvgIpc) is 2.90. The topological polar surface area (TPSA) is 29.3 Å². The number of likely N-dealkylation sites (N-methyl/N-ethyl adjacent to an activating group) is 1. The fourth-order valence-electron chi connectivity index (χ4n) is 2.37. The van der Waals surface area contributed by atoms with Crippen LogP contribution < -0.4 is 5.73 Å². The Morgan fingerprint density at radius 1 is 1.53 bits per heavy atom. The van der Waals surface area contributed by atoms with Gasteiger partial charge in [0, 0.05) is 23.5 Å². The van der Waals surface area contributed by atoms with E-state index in [1.165, 1.54) is 4.88 Å². The van der Waals surface area contributed by atoms with Crippen LogP contribution >= 0.6 is 11.3 Å². The molecule has 2 N–H and O–H groups in total. The highest BCUT2D eigenvalue weighted by molar-refractivity contribution is 7.09. The van der Waals surface area contributed by atoms with Gasteiger partial charge in [-0.3, -0.25) is 0 Å². The highest BCUT2D eigenvalue weighted by Gasteiger charge is 2.19.